The summed E-state index contributed by atoms with van der Waals surface area (Å²) in [7, 11) is 0. The molecular weight excluding hydrogens is 258 g/mol. The molecule has 2 heteroatoms. The Labute approximate surface area is 128 Å². The zero-order valence-corrected chi connectivity index (χ0v) is 13.7. The molecule has 0 bridgehead atoms. The molecule has 4 fully saturated rings. The standard InChI is InChI=1S/C19H29NO/c1-11-6-5-7-18-10-19(18,20)9-13-8-12(2)16(21)17(3,4)15(13)14(11)18/h12-15H,1,5-10,20H2,2-4H3/t12-,13-,14-,15+,18-,19-/m1/s1. The largest absolute Gasteiger partial charge is 0.325 e. The molecule has 4 rings (SSSR count). The number of allylic oxidation sites excluding steroid dienone is 1. The highest BCUT2D eigenvalue weighted by molar-refractivity contribution is 5.87. The Bertz CT molecular complexity index is 536. The van der Waals surface area contributed by atoms with E-state index in [0.717, 1.165) is 19.3 Å². The van der Waals surface area contributed by atoms with Crippen LogP contribution in [0.2, 0.25) is 0 Å². The van der Waals surface area contributed by atoms with E-state index in [0.29, 0.717) is 29.0 Å². The van der Waals surface area contributed by atoms with Crippen LogP contribution in [0.5, 0.6) is 0 Å². The fourth-order valence-corrected chi connectivity index (χ4v) is 6.94. The zero-order chi connectivity index (χ0) is 15.2. The molecule has 4 saturated carbocycles. The molecule has 6 atom stereocenters. The number of nitrogens with two attached hydrogens (primary N) is 1. The van der Waals surface area contributed by atoms with Gasteiger partial charge >= 0.3 is 0 Å². The molecule has 21 heavy (non-hydrogen) atoms. The normalized spacial score (nSPS) is 54.5. The monoisotopic (exact) mass is 287 g/mol. The third-order valence-corrected chi connectivity index (χ3v) is 7.72. The first-order valence-electron chi connectivity index (χ1n) is 8.74. The second-order valence-electron chi connectivity index (χ2n) is 9.19. The number of rotatable bonds is 0. The summed E-state index contributed by atoms with van der Waals surface area (Å²) in [6, 6.07) is 0. The van der Waals surface area contributed by atoms with Gasteiger partial charge in [-0.05, 0) is 61.7 Å². The van der Waals surface area contributed by atoms with Gasteiger partial charge in [0.25, 0.3) is 0 Å². The van der Waals surface area contributed by atoms with Crippen LogP contribution in [0.15, 0.2) is 12.2 Å². The van der Waals surface area contributed by atoms with Gasteiger partial charge < -0.3 is 5.73 Å². The second-order valence-corrected chi connectivity index (χ2v) is 9.19. The van der Waals surface area contributed by atoms with Gasteiger partial charge in [-0.1, -0.05) is 32.9 Å². The second kappa shape index (κ2) is 3.82. The number of carbonyl (C=O) groups is 1. The first kappa shape index (κ1) is 14.0. The van der Waals surface area contributed by atoms with Crippen LogP contribution in [0, 0.1) is 34.5 Å². The highest BCUT2D eigenvalue weighted by Gasteiger charge is 2.75. The van der Waals surface area contributed by atoms with E-state index in [9.17, 15) is 4.79 Å². The Hall–Kier alpha value is -0.630. The quantitative estimate of drug-likeness (QED) is 0.690. The van der Waals surface area contributed by atoms with Gasteiger partial charge in [0.15, 0.2) is 0 Å². The van der Waals surface area contributed by atoms with Crippen molar-refractivity contribution >= 4 is 5.78 Å². The molecule has 2 N–H and O–H groups in total. The third-order valence-electron chi connectivity index (χ3n) is 7.72. The van der Waals surface area contributed by atoms with Crippen LogP contribution in [0.3, 0.4) is 0 Å². The minimum atomic E-state index is -0.204. The van der Waals surface area contributed by atoms with Crippen molar-refractivity contribution in [3.63, 3.8) is 0 Å². The molecule has 2 nitrogen and oxygen atoms in total. The van der Waals surface area contributed by atoms with E-state index in [1.54, 1.807) is 0 Å². The fraction of sp³-hybridized carbons (Fsp3) is 0.842. The SMILES string of the molecule is C=C1CCC[C@]23C[C@]2(N)C[C@H]2C[C@@H](C)C(=O)C(C)(C)[C@@H]2[C@@H]13. The molecule has 0 heterocycles. The fourth-order valence-electron chi connectivity index (χ4n) is 6.94. The van der Waals surface area contributed by atoms with Crippen molar-refractivity contribution < 1.29 is 4.79 Å². The van der Waals surface area contributed by atoms with Crippen LogP contribution in [-0.4, -0.2) is 11.3 Å². The Kier molecular flexibility index (Phi) is 2.55. The topological polar surface area (TPSA) is 43.1 Å². The van der Waals surface area contributed by atoms with Crippen LogP contribution in [-0.2, 0) is 4.79 Å². The summed E-state index contributed by atoms with van der Waals surface area (Å²) in [5, 5.41) is 0. The molecule has 0 amide bonds. The molecule has 0 saturated heterocycles. The van der Waals surface area contributed by atoms with Gasteiger partial charge in [-0.3, -0.25) is 4.79 Å². The van der Waals surface area contributed by atoms with Gasteiger partial charge in [-0.15, -0.1) is 0 Å². The van der Waals surface area contributed by atoms with Crippen LogP contribution in [0.1, 0.15) is 59.3 Å². The van der Waals surface area contributed by atoms with Gasteiger partial charge in [0.2, 0.25) is 0 Å². The summed E-state index contributed by atoms with van der Waals surface area (Å²) < 4.78 is 0. The van der Waals surface area contributed by atoms with Crippen molar-refractivity contribution in [2.45, 2.75) is 64.8 Å². The molecule has 116 valence electrons. The van der Waals surface area contributed by atoms with E-state index in [4.69, 9.17) is 5.73 Å². The van der Waals surface area contributed by atoms with Gasteiger partial charge in [0, 0.05) is 16.9 Å². The molecule has 0 radical (unpaired) electrons. The Balaban J connectivity index is 1.82. The first-order valence-corrected chi connectivity index (χ1v) is 8.74. The van der Waals surface area contributed by atoms with E-state index in [2.05, 4.69) is 27.4 Å². The molecular formula is C19H29NO. The van der Waals surface area contributed by atoms with Gasteiger partial charge in [0.05, 0.1) is 0 Å². The molecule has 4 aliphatic carbocycles. The van der Waals surface area contributed by atoms with Gasteiger partial charge in [0.1, 0.15) is 5.78 Å². The van der Waals surface area contributed by atoms with Crippen LogP contribution >= 0.6 is 0 Å². The van der Waals surface area contributed by atoms with Gasteiger partial charge in [-0.25, -0.2) is 0 Å². The maximum absolute atomic E-state index is 12.8. The van der Waals surface area contributed by atoms with Crippen LogP contribution < -0.4 is 5.73 Å². The van der Waals surface area contributed by atoms with Crippen molar-refractivity contribution in [3.05, 3.63) is 12.2 Å². The molecule has 0 aromatic rings. The number of fused-ring (bicyclic) bond motifs is 2. The average molecular weight is 287 g/mol. The first-order chi connectivity index (χ1) is 9.73. The van der Waals surface area contributed by atoms with Crippen molar-refractivity contribution in [2.75, 3.05) is 0 Å². The smallest absolute Gasteiger partial charge is 0.141 e. The Morgan fingerprint density at radius 3 is 2.76 bits per heavy atom. The van der Waals surface area contributed by atoms with Crippen LogP contribution in [0.4, 0.5) is 0 Å². The van der Waals surface area contributed by atoms with Crippen molar-refractivity contribution in [3.8, 4) is 0 Å². The highest BCUT2D eigenvalue weighted by atomic mass is 16.1. The van der Waals surface area contributed by atoms with E-state index in [-0.39, 0.29) is 16.9 Å². The van der Waals surface area contributed by atoms with E-state index < -0.39 is 0 Å². The van der Waals surface area contributed by atoms with Crippen molar-refractivity contribution in [2.24, 2.45) is 40.2 Å². The lowest BCUT2D eigenvalue weighted by molar-refractivity contribution is -0.147. The number of Topliss-reactive ketones (excluding diaryl/α,β-unsaturated/α-hetero) is 1. The summed E-state index contributed by atoms with van der Waals surface area (Å²) >= 11 is 0. The van der Waals surface area contributed by atoms with E-state index in [1.165, 1.54) is 24.8 Å². The van der Waals surface area contributed by atoms with E-state index in [1.807, 2.05) is 0 Å². The molecule has 0 unspecified atom stereocenters. The predicted molar refractivity (Wildman–Crippen MR) is 84.6 cm³/mol. The minimum Gasteiger partial charge on any atom is -0.325 e. The Morgan fingerprint density at radius 2 is 2.05 bits per heavy atom. The van der Waals surface area contributed by atoms with Crippen molar-refractivity contribution in [1.29, 1.82) is 0 Å². The average Bonchev–Trinajstić information content (AvgIpc) is 2.98. The van der Waals surface area contributed by atoms with Crippen molar-refractivity contribution in [1.82, 2.24) is 0 Å². The number of ketones is 1. The minimum absolute atomic E-state index is 0.0539. The summed E-state index contributed by atoms with van der Waals surface area (Å²) in [5.41, 5.74) is 8.35. The molecule has 4 aliphatic rings. The summed E-state index contributed by atoms with van der Waals surface area (Å²) in [4.78, 5) is 12.8. The van der Waals surface area contributed by atoms with Crippen LogP contribution in [0.25, 0.3) is 0 Å². The predicted octanol–water partition coefficient (Wildman–Crippen LogP) is 3.70. The zero-order valence-electron chi connectivity index (χ0n) is 13.7. The summed E-state index contributed by atoms with van der Waals surface area (Å²) in [6.45, 7) is 11.0. The molecule has 0 aliphatic heterocycles. The molecule has 1 spiro atoms. The maximum atomic E-state index is 12.8. The summed E-state index contributed by atoms with van der Waals surface area (Å²) in [6.07, 6.45) is 7.02. The maximum Gasteiger partial charge on any atom is 0.141 e. The molecule has 0 aromatic carbocycles. The summed E-state index contributed by atoms with van der Waals surface area (Å²) in [5.74, 6) is 2.28. The number of hydrogen-bond donors (Lipinski definition) is 1. The molecule has 0 aromatic heterocycles. The lowest BCUT2D eigenvalue weighted by Crippen LogP contribution is -2.58. The highest BCUT2D eigenvalue weighted by Crippen LogP contribution is 2.76. The van der Waals surface area contributed by atoms with E-state index >= 15 is 0 Å². The lowest BCUT2D eigenvalue weighted by atomic mass is 9.47. The number of hydrogen-bond acceptors (Lipinski definition) is 2. The Morgan fingerprint density at radius 1 is 1.33 bits per heavy atom. The lowest BCUT2D eigenvalue weighted by Gasteiger charge is -2.57. The van der Waals surface area contributed by atoms with Gasteiger partial charge in [-0.2, -0.15) is 0 Å². The number of carbonyl (C=O) groups excluding carboxylic acids is 1. The third kappa shape index (κ3) is 1.50.